The lowest BCUT2D eigenvalue weighted by Gasteiger charge is -2.05. The number of nitrogens with one attached hydrogen (secondary N) is 1. The zero-order chi connectivity index (χ0) is 15.6. The number of rotatable bonds is 6. The third kappa shape index (κ3) is 4.04. The van der Waals surface area contributed by atoms with E-state index in [9.17, 15) is 13.2 Å². The van der Waals surface area contributed by atoms with Crippen LogP contribution in [-0.4, -0.2) is 26.0 Å². The molecule has 0 spiro atoms. The van der Waals surface area contributed by atoms with Gasteiger partial charge in [-0.1, -0.05) is 11.6 Å². The zero-order valence-electron chi connectivity index (χ0n) is 10.9. The van der Waals surface area contributed by atoms with Gasteiger partial charge in [0.2, 0.25) is 10.0 Å². The van der Waals surface area contributed by atoms with Crippen molar-refractivity contribution >= 4 is 50.3 Å². The fraction of sp³-hybridized carbons (Fsp3) is 0.250. The fourth-order valence-corrected chi connectivity index (χ4v) is 5.26. The number of halogens is 1. The minimum Gasteiger partial charge on any atom is -0.477 e. The number of hydrogen-bond acceptors (Lipinski definition) is 5. The average Bonchev–Trinajstić information content (AvgIpc) is 2.96. The van der Waals surface area contributed by atoms with Crippen LogP contribution in [-0.2, 0) is 16.4 Å². The second-order valence-electron chi connectivity index (χ2n) is 4.19. The molecule has 0 saturated heterocycles. The van der Waals surface area contributed by atoms with Gasteiger partial charge in [0, 0.05) is 16.3 Å². The first-order valence-corrected chi connectivity index (χ1v) is 9.36. The molecular weight excluding hydrogens is 354 g/mol. The van der Waals surface area contributed by atoms with E-state index in [-0.39, 0.29) is 16.3 Å². The molecule has 0 atom stereocenters. The maximum atomic E-state index is 12.2. The van der Waals surface area contributed by atoms with Crippen molar-refractivity contribution in [3.05, 3.63) is 37.2 Å². The number of sulfonamides is 1. The molecule has 0 aliphatic heterocycles. The van der Waals surface area contributed by atoms with Crippen molar-refractivity contribution in [2.24, 2.45) is 0 Å². The van der Waals surface area contributed by atoms with Gasteiger partial charge in [0.1, 0.15) is 4.88 Å². The Hall–Kier alpha value is -0.930. The molecule has 0 unspecified atom stereocenters. The molecule has 0 radical (unpaired) electrons. The van der Waals surface area contributed by atoms with Crippen LogP contribution in [0, 0.1) is 6.92 Å². The van der Waals surface area contributed by atoms with Crippen LogP contribution in [0.5, 0.6) is 0 Å². The highest BCUT2D eigenvalue weighted by Crippen LogP contribution is 2.26. The zero-order valence-corrected chi connectivity index (χ0v) is 14.1. The Morgan fingerprint density at radius 2 is 2.10 bits per heavy atom. The van der Waals surface area contributed by atoms with E-state index < -0.39 is 16.0 Å². The van der Waals surface area contributed by atoms with E-state index in [0.29, 0.717) is 15.6 Å². The molecular formula is C12H12ClNO4S3. The van der Waals surface area contributed by atoms with Gasteiger partial charge in [-0.3, -0.25) is 0 Å². The monoisotopic (exact) mass is 365 g/mol. The standard InChI is InChI=1S/C12H12ClNO4S3/c1-7-10(6-9(19-7)12(15)16)21(17,18)14-5-4-8-2-3-11(13)20-8/h2-3,6,14H,4-5H2,1H3,(H,15,16). The summed E-state index contributed by atoms with van der Waals surface area (Å²) < 4.78 is 27.5. The molecule has 114 valence electrons. The summed E-state index contributed by atoms with van der Waals surface area (Å²) in [4.78, 5) is 12.4. The Morgan fingerprint density at radius 1 is 1.38 bits per heavy atom. The minimum absolute atomic E-state index is 0.0120. The van der Waals surface area contributed by atoms with Crippen molar-refractivity contribution in [2.45, 2.75) is 18.2 Å². The molecule has 0 aliphatic rings. The summed E-state index contributed by atoms with van der Waals surface area (Å²) in [6.07, 6.45) is 0.533. The van der Waals surface area contributed by atoms with Crippen molar-refractivity contribution in [1.29, 1.82) is 0 Å². The summed E-state index contributed by atoms with van der Waals surface area (Å²) in [5.41, 5.74) is 0. The molecule has 5 nitrogen and oxygen atoms in total. The lowest BCUT2D eigenvalue weighted by molar-refractivity contribution is 0.0702. The molecule has 21 heavy (non-hydrogen) atoms. The normalized spacial score (nSPS) is 11.7. The molecule has 2 heterocycles. The van der Waals surface area contributed by atoms with Crippen LogP contribution < -0.4 is 4.72 Å². The van der Waals surface area contributed by atoms with E-state index in [4.69, 9.17) is 16.7 Å². The van der Waals surface area contributed by atoms with E-state index in [2.05, 4.69) is 4.72 Å². The van der Waals surface area contributed by atoms with Crippen LogP contribution in [0.1, 0.15) is 19.4 Å². The maximum Gasteiger partial charge on any atom is 0.345 e. The molecule has 0 amide bonds. The summed E-state index contributed by atoms with van der Waals surface area (Å²) in [6, 6.07) is 4.80. The number of hydrogen-bond donors (Lipinski definition) is 2. The lowest BCUT2D eigenvalue weighted by atomic mass is 10.3. The van der Waals surface area contributed by atoms with E-state index in [1.54, 1.807) is 13.0 Å². The Labute approximate surface area is 135 Å². The van der Waals surface area contributed by atoms with Gasteiger partial charge in [0.15, 0.2) is 0 Å². The van der Waals surface area contributed by atoms with Gasteiger partial charge >= 0.3 is 5.97 Å². The summed E-state index contributed by atoms with van der Waals surface area (Å²) >= 11 is 8.15. The number of thiophene rings is 2. The van der Waals surface area contributed by atoms with Crippen LogP contribution in [0.25, 0.3) is 0 Å². The highest BCUT2D eigenvalue weighted by atomic mass is 35.5. The Kier molecular flexibility index (Phi) is 5.05. The highest BCUT2D eigenvalue weighted by molar-refractivity contribution is 7.89. The third-order valence-electron chi connectivity index (χ3n) is 2.66. The minimum atomic E-state index is -3.70. The van der Waals surface area contributed by atoms with Crippen molar-refractivity contribution in [3.63, 3.8) is 0 Å². The first kappa shape index (κ1) is 16.4. The summed E-state index contributed by atoms with van der Waals surface area (Å²) in [6.45, 7) is 1.82. The quantitative estimate of drug-likeness (QED) is 0.824. The Bertz CT molecular complexity index is 763. The van der Waals surface area contributed by atoms with Crippen molar-refractivity contribution in [2.75, 3.05) is 6.54 Å². The van der Waals surface area contributed by atoms with E-state index in [1.165, 1.54) is 17.4 Å². The predicted molar refractivity (Wildman–Crippen MR) is 84.2 cm³/mol. The Balaban J connectivity index is 2.06. The summed E-state index contributed by atoms with van der Waals surface area (Å²) in [5, 5.41) is 8.90. The fourth-order valence-electron chi connectivity index (χ4n) is 1.71. The molecule has 0 fully saturated rings. The molecule has 9 heteroatoms. The molecule has 0 saturated carbocycles. The van der Waals surface area contributed by atoms with Crippen LogP contribution in [0.4, 0.5) is 0 Å². The first-order valence-electron chi connectivity index (χ1n) is 5.87. The van der Waals surface area contributed by atoms with Crippen LogP contribution >= 0.6 is 34.3 Å². The predicted octanol–water partition coefficient (Wildman–Crippen LogP) is 2.99. The molecule has 0 bridgehead atoms. The molecule has 2 N–H and O–H groups in total. The highest BCUT2D eigenvalue weighted by Gasteiger charge is 2.21. The number of carboxylic acids is 1. The van der Waals surface area contributed by atoms with Crippen molar-refractivity contribution in [1.82, 2.24) is 4.72 Å². The summed E-state index contributed by atoms with van der Waals surface area (Å²) in [5.74, 6) is -1.13. The summed E-state index contributed by atoms with van der Waals surface area (Å²) in [7, 11) is -3.70. The first-order chi connectivity index (χ1) is 9.79. The van der Waals surface area contributed by atoms with Crippen molar-refractivity contribution < 1.29 is 18.3 Å². The van der Waals surface area contributed by atoms with Gasteiger partial charge in [-0.15, -0.1) is 22.7 Å². The van der Waals surface area contributed by atoms with Gasteiger partial charge in [-0.25, -0.2) is 17.9 Å². The molecule has 2 rings (SSSR count). The van der Waals surface area contributed by atoms with E-state index in [0.717, 1.165) is 16.2 Å². The van der Waals surface area contributed by atoms with E-state index in [1.807, 2.05) is 6.07 Å². The second kappa shape index (κ2) is 6.45. The SMILES string of the molecule is Cc1sc(C(=O)O)cc1S(=O)(=O)NCCc1ccc(Cl)s1. The molecule has 0 aliphatic carbocycles. The number of carbonyl (C=O) groups is 1. The van der Waals surface area contributed by atoms with Crippen LogP contribution in [0.2, 0.25) is 4.34 Å². The van der Waals surface area contributed by atoms with Gasteiger partial charge in [0.25, 0.3) is 0 Å². The van der Waals surface area contributed by atoms with Gasteiger partial charge in [0.05, 0.1) is 9.23 Å². The second-order valence-corrected chi connectivity index (χ2v) is 8.98. The molecule has 0 aromatic carbocycles. The van der Waals surface area contributed by atoms with Gasteiger partial charge < -0.3 is 5.11 Å². The Morgan fingerprint density at radius 3 is 2.62 bits per heavy atom. The smallest absolute Gasteiger partial charge is 0.345 e. The largest absolute Gasteiger partial charge is 0.477 e. The van der Waals surface area contributed by atoms with Crippen LogP contribution in [0.15, 0.2) is 23.1 Å². The average molecular weight is 366 g/mol. The maximum absolute atomic E-state index is 12.2. The van der Waals surface area contributed by atoms with Crippen molar-refractivity contribution in [3.8, 4) is 0 Å². The van der Waals surface area contributed by atoms with Crippen LogP contribution in [0.3, 0.4) is 0 Å². The topological polar surface area (TPSA) is 83.5 Å². The number of aryl methyl sites for hydroxylation is 1. The molecule has 2 aromatic heterocycles. The number of carboxylic acid groups (broad SMARTS) is 1. The molecule has 2 aromatic rings. The third-order valence-corrected chi connectivity index (χ3v) is 6.71. The number of aromatic carboxylic acids is 1. The lowest BCUT2D eigenvalue weighted by Crippen LogP contribution is -2.26. The van der Waals surface area contributed by atoms with E-state index >= 15 is 0 Å². The van der Waals surface area contributed by atoms with Gasteiger partial charge in [-0.2, -0.15) is 0 Å². The van der Waals surface area contributed by atoms with Gasteiger partial charge in [-0.05, 0) is 31.5 Å².